The molecule has 1 unspecified atom stereocenters. The highest BCUT2D eigenvalue weighted by atomic mass is 35.5. The van der Waals surface area contributed by atoms with E-state index in [2.05, 4.69) is 5.32 Å². The first-order chi connectivity index (χ1) is 11.6. The lowest BCUT2D eigenvalue weighted by atomic mass is 10.1. The quantitative estimate of drug-likeness (QED) is 0.768. The summed E-state index contributed by atoms with van der Waals surface area (Å²) < 4.78 is 5.39. The molecule has 0 fully saturated rings. The lowest BCUT2D eigenvalue weighted by Crippen LogP contribution is -2.28. The topological polar surface area (TPSA) is 58.6 Å². The second-order valence-corrected chi connectivity index (χ2v) is 5.83. The maximum atomic E-state index is 11.9. The predicted octanol–water partition coefficient (Wildman–Crippen LogP) is 3.52. The molecule has 0 radical (unpaired) electrons. The minimum absolute atomic E-state index is 0.102. The van der Waals surface area contributed by atoms with Crippen LogP contribution < -0.4 is 10.1 Å². The number of hydrogen-bond donors (Lipinski definition) is 2. The van der Waals surface area contributed by atoms with Gasteiger partial charge in [0, 0.05) is 23.6 Å². The maximum absolute atomic E-state index is 11.9. The van der Waals surface area contributed by atoms with Crippen LogP contribution in [0.2, 0.25) is 5.02 Å². The number of nitrogens with one attached hydrogen (secondary N) is 1. The average molecular weight is 348 g/mol. The fourth-order valence-electron chi connectivity index (χ4n) is 2.33. The molecule has 2 N–H and O–H groups in total. The van der Waals surface area contributed by atoms with Crippen molar-refractivity contribution in [3.8, 4) is 5.75 Å². The number of rotatable bonds is 8. The van der Waals surface area contributed by atoms with E-state index in [1.165, 1.54) is 0 Å². The number of hydrogen-bond acceptors (Lipinski definition) is 3. The fourth-order valence-corrected chi connectivity index (χ4v) is 2.59. The Kier molecular flexibility index (Phi) is 7.09. The Morgan fingerprint density at radius 2 is 1.92 bits per heavy atom. The number of aryl methyl sites for hydroxylation is 1. The van der Waals surface area contributed by atoms with Crippen molar-refractivity contribution in [3.05, 3.63) is 64.7 Å². The van der Waals surface area contributed by atoms with E-state index >= 15 is 0 Å². The molecule has 0 saturated carbocycles. The van der Waals surface area contributed by atoms with Gasteiger partial charge in [-0.2, -0.15) is 0 Å². The van der Waals surface area contributed by atoms with Crippen LogP contribution in [0.1, 0.15) is 30.6 Å². The van der Waals surface area contributed by atoms with Crippen LogP contribution >= 0.6 is 11.6 Å². The highest BCUT2D eigenvalue weighted by molar-refractivity contribution is 6.31. The molecule has 24 heavy (non-hydrogen) atoms. The van der Waals surface area contributed by atoms with Gasteiger partial charge in [-0.25, -0.2) is 0 Å². The third-order valence-electron chi connectivity index (χ3n) is 3.63. The van der Waals surface area contributed by atoms with Crippen molar-refractivity contribution in [2.45, 2.75) is 25.9 Å². The second-order valence-electron chi connectivity index (χ2n) is 5.42. The summed E-state index contributed by atoms with van der Waals surface area (Å²) >= 11 is 6.03. The van der Waals surface area contributed by atoms with Crippen molar-refractivity contribution in [2.24, 2.45) is 0 Å². The number of aliphatic hydroxyl groups excluding tert-OH is 1. The molecule has 1 atom stereocenters. The zero-order valence-corrected chi connectivity index (χ0v) is 14.4. The van der Waals surface area contributed by atoms with Crippen molar-refractivity contribution in [2.75, 3.05) is 13.2 Å². The van der Waals surface area contributed by atoms with E-state index in [1.807, 2.05) is 31.2 Å². The SMILES string of the molecule is CCOc1ccc(CCC(=O)NCC(O)c2ccccc2Cl)cc1. The van der Waals surface area contributed by atoms with Gasteiger partial charge >= 0.3 is 0 Å². The molecule has 0 aromatic heterocycles. The van der Waals surface area contributed by atoms with Crippen LogP contribution in [0.3, 0.4) is 0 Å². The largest absolute Gasteiger partial charge is 0.494 e. The van der Waals surface area contributed by atoms with Crippen molar-refractivity contribution in [3.63, 3.8) is 0 Å². The van der Waals surface area contributed by atoms with Crippen LogP contribution in [0, 0.1) is 0 Å². The van der Waals surface area contributed by atoms with Gasteiger partial charge in [-0.3, -0.25) is 4.79 Å². The first-order valence-corrected chi connectivity index (χ1v) is 8.39. The number of ether oxygens (including phenoxy) is 1. The molecule has 0 aliphatic carbocycles. The van der Waals surface area contributed by atoms with Gasteiger partial charge in [0.2, 0.25) is 5.91 Å². The molecule has 0 saturated heterocycles. The fraction of sp³-hybridized carbons (Fsp3) is 0.316. The molecule has 0 spiro atoms. The van der Waals surface area contributed by atoms with E-state index in [0.717, 1.165) is 11.3 Å². The molecular weight excluding hydrogens is 326 g/mol. The van der Waals surface area contributed by atoms with Crippen molar-refractivity contribution in [1.29, 1.82) is 0 Å². The Balaban J connectivity index is 1.76. The summed E-state index contributed by atoms with van der Waals surface area (Å²) in [4.78, 5) is 11.9. The lowest BCUT2D eigenvalue weighted by molar-refractivity contribution is -0.121. The Bertz CT molecular complexity index is 658. The Morgan fingerprint density at radius 1 is 1.21 bits per heavy atom. The van der Waals surface area contributed by atoms with Gasteiger partial charge in [0.1, 0.15) is 5.75 Å². The van der Waals surface area contributed by atoms with Gasteiger partial charge in [-0.1, -0.05) is 41.9 Å². The van der Waals surface area contributed by atoms with Crippen LogP contribution in [-0.4, -0.2) is 24.2 Å². The predicted molar refractivity (Wildman–Crippen MR) is 95.4 cm³/mol. The van der Waals surface area contributed by atoms with E-state index in [-0.39, 0.29) is 12.5 Å². The molecule has 0 aliphatic rings. The zero-order valence-electron chi connectivity index (χ0n) is 13.7. The smallest absolute Gasteiger partial charge is 0.220 e. The van der Waals surface area contributed by atoms with Crippen LogP contribution in [0.25, 0.3) is 0 Å². The summed E-state index contributed by atoms with van der Waals surface area (Å²) in [7, 11) is 0. The van der Waals surface area contributed by atoms with Crippen molar-refractivity contribution in [1.82, 2.24) is 5.32 Å². The highest BCUT2D eigenvalue weighted by Gasteiger charge is 2.12. The standard InChI is InChI=1S/C19H22ClNO3/c1-2-24-15-10-7-14(8-11-15)9-12-19(23)21-13-18(22)16-5-3-4-6-17(16)20/h3-8,10-11,18,22H,2,9,12-13H2,1H3,(H,21,23). The minimum atomic E-state index is -0.812. The summed E-state index contributed by atoms with van der Waals surface area (Å²) in [6.45, 7) is 2.72. The Morgan fingerprint density at radius 3 is 2.58 bits per heavy atom. The molecular formula is C19H22ClNO3. The van der Waals surface area contributed by atoms with Gasteiger partial charge in [0.05, 0.1) is 12.7 Å². The second kappa shape index (κ2) is 9.30. The van der Waals surface area contributed by atoms with Crippen LogP contribution in [0.5, 0.6) is 5.75 Å². The number of aliphatic hydroxyl groups is 1. The van der Waals surface area contributed by atoms with Gasteiger partial charge in [-0.15, -0.1) is 0 Å². The van der Waals surface area contributed by atoms with E-state index in [4.69, 9.17) is 16.3 Å². The number of halogens is 1. The number of carbonyl (C=O) groups excluding carboxylic acids is 1. The Labute approximate surface area is 147 Å². The van der Waals surface area contributed by atoms with Crippen LogP contribution in [-0.2, 0) is 11.2 Å². The zero-order chi connectivity index (χ0) is 17.4. The molecule has 2 aromatic carbocycles. The monoisotopic (exact) mass is 347 g/mol. The third kappa shape index (κ3) is 5.55. The van der Waals surface area contributed by atoms with E-state index < -0.39 is 6.10 Å². The summed E-state index contributed by atoms with van der Waals surface area (Å²) in [5.74, 6) is 0.726. The third-order valence-corrected chi connectivity index (χ3v) is 3.98. The van der Waals surface area contributed by atoms with Gasteiger partial charge in [0.15, 0.2) is 0 Å². The molecule has 0 aliphatic heterocycles. The molecule has 4 nitrogen and oxygen atoms in total. The normalized spacial score (nSPS) is 11.8. The van der Waals surface area contributed by atoms with E-state index in [0.29, 0.717) is 30.0 Å². The number of carbonyl (C=O) groups is 1. The minimum Gasteiger partial charge on any atom is -0.494 e. The Hall–Kier alpha value is -2.04. The van der Waals surface area contributed by atoms with Gasteiger partial charge < -0.3 is 15.2 Å². The number of benzene rings is 2. The van der Waals surface area contributed by atoms with Crippen molar-refractivity contribution < 1.29 is 14.6 Å². The summed E-state index contributed by atoms with van der Waals surface area (Å²) in [6, 6.07) is 14.8. The first-order valence-electron chi connectivity index (χ1n) is 8.01. The molecule has 5 heteroatoms. The first kappa shape index (κ1) is 18.3. The van der Waals surface area contributed by atoms with E-state index in [9.17, 15) is 9.90 Å². The average Bonchev–Trinajstić information content (AvgIpc) is 2.60. The summed E-state index contributed by atoms with van der Waals surface area (Å²) in [6.07, 6.45) is 0.192. The molecule has 2 aromatic rings. The molecule has 128 valence electrons. The van der Waals surface area contributed by atoms with E-state index in [1.54, 1.807) is 24.3 Å². The maximum Gasteiger partial charge on any atom is 0.220 e. The van der Waals surface area contributed by atoms with Crippen LogP contribution in [0.4, 0.5) is 0 Å². The van der Waals surface area contributed by atoms with Gasteiger partial charge in [-0.05, 0) is 37.1 Å². The number of amides is 1. The summed E-state index contributed by atoms with van der Waals surface area (Å²) in [5, 5.41) is 13.3. The highest BCUT2D eigenvalue weighted by Crippen LogP contribution is 2.21. The molecule has 0 bridgehead atoms. The van der Waals surface area contributed by atoms with Crippen LogP contribution in [0.15, 0.2) is 48.5 Å². The lowest BCUT2D eigenvalue weighted by Gasteiger charge is -2.13. The van der Waals surface area contributed by atoms with Gasteiger partial charge in [0.25, 0.3) is 0 Å². The van der Waals surface area contributed by atoms with Crippen molar-refractivity contribution >= 4 is 17.5 Å². The summed E-state index contributed by atoms with van der Waals surface area (Å²) in [5.41, 5.74) is 1.69. The molecule has 0 heterocycles. The molecule has 1 amide bonds. The molecule has 2 rings (SSSR count).